The Morgan fingerprint density at radius 2 is 2.06 bits per heavy atom. The van der Waals surface area contributed by atoms with E-state index in [9.17, 15) is 9.50 Å². The highest BCUT2D eigenvalue weighted by molar-refractivity contribution is 9.10. The average molecular weight is 289 g/mol. The molecule has 2 nitrogen and oxygen atoms in total. The maximum Gasteiger partial charge on any atom is 0.166 e. The van der Waals surface area contributed by atoms with Crippen LogP contribution >= 0.6 is 15.9 Å². The molecule has 4 heteroatoms. The number of halogens is 2. The minimum atomic E-state index is -0.475. The SMILES string of the molecule is O[C@H]1CCCC[C@@H]1Oc1ccc(Br)cc1F. The lowest BCUT2D eigenvalue weighted by Crippen LogP contribution is -2.34. The smallest absolute Gasteiger partial charge is 0.166 e. The summed E-state index contributed by atoms with van der Waals surface area (Å²) in [6, 6.07) is 4.68. The van der Waals surface area contributed by atoms with Crippen molar-refractivity contribution in [1.82, 2.24) is 0 Å². The van der Waals surface area contributed by atoms with Gasteiger partial charge in [-0.15, -0.1) is 0 Å². The largest absolute Gasteiger partial charge is 0.485 e. The molecular formula is C12H14BrFO2. The molecule has 0 aromatic heterocycles. The first kappa shape index (κ1) is 11.9. The highest BCUT2D eigenvalue weighted by Crippen LogP contribution is 2.27. The molecule has 1 fully saturated rings. The average Bonchev–Trinajstić information content (AvgIpc) is 2.25. The summed E-state index contributed by atoms with van der Waals surface area (Å²) in [5.41, 5.74) is 0. The first-order chi connectivity index (χ1) is 7.66. The van der Waals surface area contributed by atoms with Crippen molar-refractivity contribution in [3.63, 3.8) is 0 Å². The number of aliphatic hydroxyl groups is 1. The minimum absolute atomic E-state index is 0.217. The fourth-order valence-corrected chi connectivity index (χ4v) is 2.28. The third-order valence-electron chi connectivity index (χ3n) is 2.84. The molecule has 0 unspecified atom stereocenters. The molecule has 1 N–H and O–H groups in total. The molecule has 1 saturated carbocycles. The van der Waals surface area contributed by atoms with Gasteiger partial charge in [0.25, 0.3) is 0 Å². The van der Waals surface area contributed by atoms with Crippen LogP contribution < -0.4 is 4.74 Å². The first-order valence-corrected chi connectivity index (χ1v) is 6.26. The van der Waals surface area contributed by atoms with Crippen LogP contribution in [0.2, 0.25) is 0 Å². The maximum absolute atomic E-state index is 13.5. The highest BCUT2D eigenvalue weighted by Gasteiger charge is 2.25. The monoisotopic (exact) mass is 288 g/mol. The molecule has 0 bridgehead atoms. The molecular weight excluding hydrogens is 275 g/mol. The van der Waals surface area contributed by atoms with Gasteiger partial charge < -0.3 is 9.84 Å². The Morgan fingerprint density at radius 3 is 2.75 bits per heavy atom. The Balaban J connectivity index is 2.07. The van der Waals surface area contributed by atoms with E-state index in [1.165, 1.54) is 6.07 Å². The van der Waals surface area contributed by atoms with Crippen LogP contribution in [0, 0.1) is 5.82 Å². The van der Waals surface area contributed by atoms with Crippen molar-refractivity contribution in [3.8, 4) is 5.75 Å². The minimum Gasteiger partial charge on any atom is -0.485 e. The van der Waals surface area contributed by atoms with E-state index in [1.54, 1.807) is 12.1 Å². The van der Waals surface area contributed by atoms with Crippen molar-refractivity contribution in [3.05, 3.63) is 28.5 Å². The predicted molar refractivity (Wildman–Crippen MR) is 63.0 cm³/mol. The summed E-state index contributed by atoms with van der Waals surface area (Å²) < 4.78 is 19.7. The summed E-state index contributed by atoms with van der Waals surface area (Å²) in [5.74, 6) is -0.179. The van der Waals surface area contributed by atoms with Crippen molar-refractivity contribution in [2.75, 3.05) is 0 Å². The molecule has 16 heavy (non-hydrogen) atoms. The zero-order valence-corrected chi connectivity index (χ0v) is 10.4. The third-order valence-corrected chi connectivity index (χ3v) is 3.33. The molecule has 0 amide bonds. The standard InChI is InChI=1S/C12H14BrFO2/c13-8-5-6-11(9(14)7-8)16-12-4-2-1-3-10(12)15/h5-7,10,12,15H,1-4H2/t10-,12-/m0/s1. The second-order valence-electron chi connectivity index (χ2n) is 4.08. The molecule has 0 heterocycles. The van der Waals surface area contributed by atoms with E-state index < -0.39 is 11.9 Å². The van der Waals surface area contributed by atoms with E-state index in [0.717, 1.165) is 25.7 Å². The van der Waals surface area contributed by atoms with Gasteiger partial charge in [0.15, 0.2) is 11.6 Å². The van der Waals surface area contributed by atoms with E-state index in [4.69, 9.17) is 4.74 Å². The van der Waals surface area contributed by atoms with E-state index in [-0.39, 0.29) is 11.9 Å². The normalized spacial score (nSPS) is 25.4. The Bertz CT molecular complexity index is 370. The number of ether oxygens (including phenoxy) is 1. The molecule has 88 valence electrons. The zero-order chi connectivity index (χ0) is 11.5. The van der Waals surface area contributed by atoms with Gasteiger partial charge in [-0.1, -0.05) is 22.4 Å². The van der Waals surface area contributed by atoms with E-state index in [0.29, 0.717) is 4.47 Å². The van der Waals surface area contributed by atoms with Crippen LogP contribution in [0.4, 0.5) is 4.39 Å². The molecule has 2 rings (SSSR count). The molecule has 0 saturated heterocycles. The van der Waals surface area contributed by atoms with Crippen molar-refractivity contribution < 1.29 is 14.2 Å². The number of rotatable bonds is 2. The van der Waals surface area contributed by atoms with Gasteiger partial charge in [-0.3, -0.25) is 0 Å². The van der Waals surface area contributed by atoms with Crippen LogP contribution in [-0.4, -0.2) is 17.3 Å². The van der Waals surface area contributed by atoms with Gasteiger partial charge in [0.1, 0.15) is 6.10 Å². The fourth-order valence-electron chi connectivity index (χ4n) is 1.95. The van der Waals surface area contributed by atoms with Crippen LogP contribution in [0.15, 0.2) is 22.7 Å². The maximum atomic E-state index is 13.5. The summed E-state index contributed by atoms with van der Waals surface area (Å²) >= 11 is 3.19. The summed E-state index contributed by atoms with van der Waals surface area (Å²) in [4.78, 5) is 0. The first-order valence-electron chi connectivity index (χ1n) is 5.46. The summed E-state index contributed by atoms with van der Waals surface area (Å²) in [6.45, 7) is 0. The van der Waals surface area contributed by atoms with Crippen LogP contribution in [0.5, 0.6) is 5.75 Å². The van der Waals surface area contributed by atoms with Gasteiger partial charge in [-0.05, 0) is 37.5 Å². The van der Waals surface area contributed by atoms with Crippen LogP contribution in [-0.2, 0) is 0 Å². The molecule has 0 aliphatic heterocycles. The molecule has 1 aliphatic carbocycles. The summed E-state index contributed by atoms with van der Waals surface area (Å²) in [6.07, 6.45) is 2.82. The van der Waals surface area contributed by atoms with Gasteiger partial charge in [-0.2, -0.15) is 0 Å². The van der Waals surface area contributed by atoms with Gasteiger partial charge >= 0.3 is 0 Å². The molecule has 1 aromatic rings. The van der Waals surface area contributed by atoms with Crippen LogP contribution in [0.3, 0.4) is 0 Å². The molecule has 2 atom stereocenters. The van der Waals surface area contributed by atoms with E-state index in [1.807, 2.05) is 0 Å². The molecule has 1 aromatic carbocycles. The predicted octanol–water partition coefficient (Wildman–Crippen LogP) is 3.27. The Hall–Kier alpha value is -0.610. The Morgan fingerprint density at radius 1 is 1.31 bits per heavy atom. The third kappa shape index (κ3) is 2.74. The number of benzene rings is 1. The summed E-state index contributed by atoms with van der Waals surface area (Å²) in [7, 11) is 0. The Kier molecular flexibility index (Phi) is 3.82. The quantitative estimate of drug-likeness (QED) is 0.905. The van der Waals surface area contributed by atoms with Crippen LogP contribution in [0.1, 0.15) is 25.7 Å². The fraction of sp³-hybridized carbons (Fsp3) is 0.500. The number of hydrogen-bond acceptors (Lipinski definition) is 2. The molecule has 1 aliphatic rings. The lowest BCUT2D eigenvalue weighted by molar-refractivity contribution is 0.00498. The van der Waals surface area contributed by atoms with Crippen molar-refractivity contribution >= 4 is 15.9 Å². The van der Waals surface area contributed by atoms with Gasteiger partial charge in [-0.25, -0.2) is 4.39 Å². The van der Waals surface area contributed by atoms with Crippen molar-refractivity contribution in [1.29, 1.82) is 0 Å². The van der Waals surface area contributed by atoms with E-state index >= 15 is 0 Å². The second kappa shape index (κ2) is 5.15. The van der Waals surface area contributed by atoms with Crippen molar-refractivity contribution in [2.45, 2.75) is 37.9 Å². The summed E-state index contributed by atoms with van der Waals surface area (Å²) in [5, 5.41) is 9.72. The van der Waals surface area contributed by atoms with Crippen molar-refractivity contribution in [2.24, 2.45) is 0 Å². The van der Waals surface area contributed by atoms with Gasteiger partial charge in [0, 0.05) is 4.47 Å². The van der Waals surface area contributed by atoms with Crippen LogP contribution in [0.25, 0.3) is 0 Å². The number of hydrogen-bond donors (Lipinski definition) is 1. The zero-order valence-electron chi connectivity index (χ0n) is 8.83. The van der Waals surface area contributed by atoms with E-state index in [2.05, 4.69) is 15.9 Å². The lowest BCUT2D eigenvalue weighted by atomic mass is 9.95. The highest BCUT2D eigenvalue weighted by atomic mass is 79.9. The number of aliphatic hydroxyl groups excluding tert-OH is 1. The lowest BCUT2D eigenvalue weighted by Gasteiger charge is -2.28. The second-order valence-corrected chi connectivity index (χ2v) is 5.00. The van der Waals surface area contributed by atoms with Gasteiger partial charge in [0.05, 0.1) is 6.10 Å². The van der Waals surface area contributed by atoms with Gasteiger partial charge in [0.2, 0.25) is 0 Å². The molecule has 0 radical (unpaired) electrons. The topological polar surface area (TPSA) is 29.5 Å². The Labute approximate surface area is 103 Å². The molecule has 0 spiro atoms.